The third-order valence-electron chi connectivity index (χ3n) is 1.30. The predicted octanol–water partition coefficient (Wildman–Crippen LogP) is 0.858. The van der Waals surface area contributed by atoms with Gasteiger partial charge in [-0.1, -0.05) is 24.3 Å². The third-order valence-corrected chi connectivity index (χ3v) is 1.30. The molecule has 0 unspecified atom stereocenters. The molecule has 0 saturated heterocycles. The van der Waals surface area contributed by atoms with Gasteiger partial charge in [-0.25, -0.2) is 4.79 Å². The van der Waals surface area contributed by atoms with E-state index in [1.54, 1.807) is 12.1 Å². The van der Waals surface area contributed by atoms with Crippen LogP contribution in [0.5, 0.6) is 5.75 Å². The van der Waals surface area contributed by atoms with Crippen LogP contribution >= 0.6 is 0 Å². The van der Waals surface area contributed by atoms with E-state index >= 15 is 0 Å². The summed E-state index contributed by atoms with van der Waals surface area (Å²) >= 11 is 0. The quantitative estimate of drug-likeness (QED) is 0.657. The first-order valence-corrected chi connectivity index (χ1v) is 3.36. The van der Waals surface area contributed by atoms with Crippen LogP contribution in [0.2, 0.25) is 0 Å². The molecule has 3 nitrogen and oxygen atoms in total. The summed E-state index contributed by atoms with van der Waals surface area (Å²) in [5.74, 6) is -1.08. The van der Waals surface area contributed by atoms with Crippen LogP contribution in [-0.4, -0.2) is 11.1 Å². The minimum Gasteiger partial charge on any atom is -0.872 e. The molecule has 1 aromatic rings. The fourth-order valence-electron chi connectivity index (χ4n) is 0.746. The van der Waals surface area contributed by atoms with Crippen molar-refractivity contribution in [2.45, 2.75) is 0 Å². The minimum absolute atomic E-state index is 0.0810. The highest BCUT2D eigenvalue weighted by Crippen LogP contribution is 2.07. The Balaban J connectivity index is 2.77. The number of hydrogen-bond acceptors (Lipinski definition) is 2. The fourth-order valence-corrected chi connectivity index (χ4v) is 0.746. The van der Waals surface area contributed by atoms with Gasteiger partial charge in [-0.2, -0.15) is 0 Å². The summed E-state index contributed by atoms with van der Waals surface area (Å²) in [6.45, 7) is 0. The minimum atomic E-state index is -0.999. The maximum Gasteiger partial charge on any atom is 0.328 e. The van der Waals surface area contributed by atoms with Gasteiger partial charge in [-0.15, -0.1) is 5.75 Å². The van der Waals surface area contributed by atoms with Gasteiger partial charge in [0.05, 0.1) is 0 Å². The summed E-state index contributed by atoms with van der Waals surface area (Å²) in [5.41, 5.74) is 0.706. The lowest BCUT2D eigenvalue weighted by molar-refractivity contribution is -0.268. The second-order valence-electron chi connectivity index (χ2n) is 2.24. The van der Waals surface area contributed by atoms with Crippen molar-refractivity contribution in [3.8, 4) is 5.75 Å². The zero-order valence-electron chi connectivity index (χ0n) is 6.23. The van der Waals surface area contributed by atoms with Crippen LogP contribution in [0.1, 0.15) is 5.56 Å². The van der Waals surface area contributed by atoms with E-state index in [0.29, 0.717) is 5.56 Å². The largest absolute Gasteiger partial charge is 0.872 e. The van der Waals surface area contributed by atoms with Crippen LogP contribution in [0.15, 0.2) is 30.3 Å². The Bertz CT molecular complexity index is 298. The van der Waals surface area contributed by atoms with Crippen molar-refractivity contribution in [3.05, 3.63) is 35.9 Å². The topological polar surface area (TPSA) is 60.4 Å². The Labute approximate surface area is 69.6 Å². The first-order valence-electron chi connectivity index (χ1n) is 3.36. The van der Waals surface area contributed by atoms with Gasteiger partial charge in [0.1, 0.15) is 0 Å². The first kappa shape index (κ1) is 8.33. The molecule has 1 rings (SSSR count). The monoisotopic (exact) mass is 163 g/mol. The molecule has 3 heteroatoms. The van der Waals surface area contributed by atoms with E-state index in [9.17, 15) is 9.90 Å². The molecular formula is C9H7O3-. The fraction of sp³-hybridized carbons (Fsp3) is 0. The molecule has 1 aromatic carbocycles. The Hall–Kier alpha value is -1.77. The summed E-state index contributed by atoms with van der Waals surface area (Å²) in [6, 6.07) is 5.92. The van der Waals surface area contributed by atoms with Crippen molar-refractivity contribution >= 4 is 12.0 Å². The SMILES string of the molecule is O=C(O)/C=C\c1ccc([O-])cc1. The maximum absolute atomic E-state index is 10.6. The van der Waals surface area contributed by atoms with E-state index in [1.807, 2.05) is 0 Å². The molecule has 0 aliphatic carbocycles. The van der Waals surface area contributed by atoms with Crippen molar-refractivity contribution in [2.75, 3.05) is 0 Å². The first-order chi connectivity index (χ1) is 5.68. The molecule has 0 fully saturated rings. The van der Waals surface area contributed by atoms with E-state index in [4.69, 9.17) is 5.11 Å². The summed E-state index contributed by atoms with van der Waals surface area (Å²) in [5, 5.41) is 18.9. The lowest BCUT2D eigenvalue weighted by Gasteiger charge is -2.02. The lowest BCUT2D eigenvalue weighted by atomic mass is 10.2. The van der Waals surface area contributed by atoms with Gasteiger partial charge in [0.15, 0.2) is 0 Å². The highest BCUT2D eigenvalue weighted by molar-refractivity contribution is 5.85. The molecule has 0 heterocycles. The second kappa shape index (κ2) is 3.57. The highest BCUT2D eigenvalue weighted by atomic mass is 16.4. The van der Waals surface area contributed by atoms with Crippen LogP contribution < -0.4 is 5.11 Å². The van der Waals surface area contributed by atoms with E-state index < -0.39 is 5.97 Å². The molecule has 0 spiro atoms. The molecule has 0 aromatic heterocycles. The Morgan fingerprint density at radius 1 is 1.33 bits per heavy atom. The average molecular weight is 163 g/mol. The molecule has 0 aliphatic heterocycles. The van der Waals surface area contributed by atoms with Crippen LogP contribution in [0, 0.1) is 0 Å². The Morgan fingerprint density at radius 2 is 1.92 bits per heavy atom. The molecule has 0 aliphatic rings. The molecule has 0 atom stereocenters. The van der Waals surface area contributed by atoms with E-state index in [0.717, 1.165) is 6.08 Å². The molecular weight excluding hydrogens is 156 g/mol. The van der Waals surface area contributed by atoms with E-state index in [1.165, 1.54) is 18.2 Å². The van der Waals surface area contributed by atoms with Gasteiger partial charge in [0.25, 0.3) is 0 Å². The molecule has 1 N–H and O–H groups in total. The van der Waals surface area contributed by atoms with Crippen molar-refractivity contribution in [1.29, 1.82) is 0 Å². The summed E-state index contributed by atoms with van der Waals surface area (Å²) in [7, 11) is 0. The number of benzene rings is 1. The van der Waals surface area contributed by atoms with Crippen molar-refractivity contribution in [1.82, 2.24) is 0 Å². The molecule has 0 saturated carbocycles. The van der Waals surface area contributed by atoms with Crippen LogP contribution in [0.3, 0.4) is 0 Å². The summed E-state index contributed by atoms with van der Waals surface area (Å²) in [6.07, 6.45) is 2.46. The smallest absolute Gasteiger partial charge is 0.328 e. The number of carbonyl (C=O) groups is 1. The van der Waals surface area contributed by atoms with Crippen LogP contribution in [-0.2, 0) is 4.79 Å². The Kier molecular flexibility index (Phi) is 2.48. The number of aliphatic carboxylic acids is 1. The molecule has 62 valence electrons. The second-order valence-corrected chi connectivity index (χ2v) is 2.24. The maximum atomic E-state index is 10.6. The van der Waals surface area contributed by atoms with Crippen molar-refractivity contribution in [3.63, 3.8) is 0 Å². The zero-order valence-corrected chi connectivity index (χ0v) is 6.23. The van der Waals surface area contributed by atoms with Crippen LogP contribution in [0.25, 0.3) is 6.08 Å². The zero-order chi connectivity index (χ0) is 8.97. The van der Waals surface area contributed by atoms with Crippen LogP contribution in [0.4, 0.5) is 0 Å². The average Bonchev–Trinajstić information content (AvgIpc) is 2.03. The van der Waals surface area contributed by atoms with Gasteiger partial charge in [0.2, 0.25) is 0 Å². The van der Waals surface area contributed by atoms with Crippen molar-refractivity contribution < 1.29 is 15.0 Å². The van der Waals surface area contributed by atoms with E-state index in [-0.39, 0.29) is 5.75 Å². The number of hydrogen-bond donors (Lipinski definition) is 1. The summed E-state index contributed by atoms with van der Waals surface area (Å²) in [4.78, 5) is 10.1. The number of carboxylic acids is 1. The van der Waals surface area contributed by atoms with Gasteiger partial charge < -0.3 is 10.2 Å². The summed E-state index contributed by atoms with van der Waals surface area (Å²) < 4.78 is 0. The Morgan fingerprint density at radius 3 is 2.42 bits per heavy atom. The number of carboxylic acid groups (broad SMARTS) is 1. The van der Waals surface area contributed by atoms with E-state index in [2.05, 4.69) is 0 Å². The highest BCUT2D eigenvalue weighted by Gasteiger charge is 1.86. The van der Waals surface area contributed by atoms with Gasteiger partial charge >= 0.3 is 5.97 Å². The normalized spacial score (nSPS) is 10.3. The van der Waals surface area contributed by atoms with Gasteiger partial charge in [-0.05, 0) is 11.6 Å². The molecule has 0 radical (unpaired) electrons. The van der Waals surface area contributed by atoms with Crippen molar-refractivity contribution in [2.24, 2.45) is 0 Å². The standard InChI is InChI=1S/C9H8O3/c10-8-4-1-7(2-5-8)3-6-9(11)12/h1-6,10H,(H,11,12)/p-1/b6-3-. The molecule has 0 bridgehead atoms. The third kappa shape index (κ3) is 2.46. The molecule has 12 heavy (non-hydrogen) atoms. The molecule has 0 amide bonds. The van der Waals surface area contributed by atoms with Gasteiger partial charge in [0, 0.05) is 6.08 Å². The van der Waals surface area contributed by atoms with Gasteiger partial charge in [-0.3, -0.25) is 0 Å². The lowest BCUT2D eigenvalue weighted by Crippen LogP contribution is -1.88. The number of rotatable bonds is 2. The predicted molar refractivity (Wildman–Crippen MR) is 42.6 cm³/mol.